The molecule has 1 unspecified atom stereocenters. The summed E-state index contributed by atoms with van der Waals surface area (Å²) in [5.74, 6) is -0.867. The first-order valence-corrected chi connectivity index (χ1v) is 30.1. The lowest BCUT2D eigenvalue weighted by Gasteiger charge is -2.18. The van der Waals surface area contributed by atoms with Crippen molar-refractivity contribution in [2.75, 3.05) is 13.2 Å². The summed E-state index contributed by atoms with van der Waals surface area (Å²) >= 11 is 0. The zero-order valence-corrected chi connectivity index (χ0v) is 46.1. The topological polar surface area (TPSA) is 78.9 Å². The molecular weight excluding hydrogens is 853 g/mol. The Morgan fingerprint density at radius 3 is 0.884 bits per heavy atom. The van der Waals surface area contributed by atoms with E-state index < -0.39 is 6.10 Å². The molecule has 0 aromatic rings. The van der Waals surface area contributed by atoms with Crippen LogP contribution in [-0.2, 0) is 28.6 Å². The van der Waals surface area contributed by atoms with Gasteiger partial charge in [0.15, 0.2) is 6.10 Å². The third kappa shape index (κ3) is 56.2. The molecule has 0 spiro atoms. The van der Waals surface area contributed by atoms with Crippen LogP contribution in [0.1, 0.15) is 316 Å². The second-order valence-electron chi connectivity index (χ2n) is 20.2. The molecular formula is C63H114O6. The van der Waals surface area contributed by atoms with Gasteiger partial charge in [0.1, 0.15) is 13.2 Å². The van der Waals surface area contributed by atoms with Crippen molar-refractivity contribution in [1.82, 2.24) is 0 Å². The minimum absolute atomic E-state index is 0.0729. The Balaban J connectivity index is 4.36. The van der Waals surface area contributed by atoms with Gasteiger partial charge < -0.3 is 14.2 Å². The lowest BCUT2D eigenvalue weighted by Crippen LogP contribution is -2.30. The zero-order chi connectivity index (χ0) is 50.0. The smallest absolute Gasteiger partial charge is 0.306 e. The molecule has 0 aliphatic heterocycles. The number of hydrogen-bond donors (Lipinski definition) is 0. The SMILES string of the molecule is CC/C=C\C/C=C\C/C=C\C/C=C\CCCCCCCCC(=O)OCC(COC(=O)CCCCCCCCCCCCCCCCC)OC(=O)CCCCCCCCCCCCCCCCCCC. The summed E-state index contributed by atoms with van der Waals surface area (Å²) in [6.07, 6.45) is 71.0. The molecule has 0 fully saturated rings. The van der Waals surface area contributed by atoms with Crippen LogP contribution >= 0.6 is 0 Å². The Bertz CT molecular complexity index is 1200. The van der Waals surface area contributed by atoms with E-state index >= 15 is 0 Å². The summed E-state index contributed by atoms with van der Waals surface area (Å²) in [6.45, 7) is 6.57. The maximum Gasteiger partial charge on any atom is 0.306 e. The standard InChI is InChI=1S/C63H114O6/c1-4-7-10-13-16-19-22-25-28-30-31-33-35-38-41-44-47-50-53-56-62(65)68-59-60(58-67-61(64)55-52-49-46-43-40-37-34-27-24-21-18-15-12-9-6-3)69-63(66)57-54-51-48-45-42-39-36-32-29-26-23-20-17-14-11-8-5-2/h7,10,16,19,25,28,31,33,60H,4-6,8-9,11-15,17-18,20-24,26-27,29-30,32,34-59H2,1-3H3/b10-7-,19-16-,28-25-,33-31-. The van der Waals surface area contributed by atoms with Crippen LogP contribution in [0.25, 0.3) is 0 Å². The number of carbonyl (C=O) groups is 3. The van der Waals surface area contributed by atoms with E-state index in [1.54, 1.807) is 0 Å². The van der Waals surface area contributed by atoms with Gasteiger partial charge in [-0.3, -0.25) is 14.4 Å². The van der Waals surface area contributed by atoms with Crippen molar-refractivity contribution in [2.45, 2.75) is 322 Å². The highest BCUT2D eigenvalue weighted by molar-refractivity contribution is 5.71. The van der Waals surface area contributed by atoms with Crippen LogP contribution in [0.15, 0.2) is 48.6 Å². The number of unbranched alkanes of at least 4 members (excludes halogenated alkanes) is 36. The minimum atomic E-state index is -0.776. The number of ether oxygens (including phenoxy) is 3. The maximum atomic E-state index is 12.9. The van der Waals surface area contributed by atoms with Gasteiger partial charge in [-0.1, -0.05) is 288 Å². The predicted octanol–water partition coefficient (Wildman–Crippen LogP) is 20.2. The molecule has 0 N–H and O–H groups in total. The van der Waals surface area contributed by atoms with Crippen LogP contribution in [0, 0.1) is 0 Å². The second kappa shape index (κ2) is 57.9. The largest absolute Gasteiger partial charge is 0.462 e. The number of esters is 3. The summed E-state index contributed by atoms with van der Waals surface area (Å²) in [6, 6.07) is 0. The summed E-state index contributed by atoms with van der Waals surface area (Å²) in [7, 11) is 0. The van der Waals surface area contributed by atoms with Gasteiger partial charge in [-0.05, 0) is 57.8 Å². The molecule has 0 radical (unpaired) electrons. The average molecular weight is 968 g/mol. The number of carbonyl (C=O) groups excluding carboxylic acids is 3. The van der Waals surface area contributed by atoms with Crippen molar-refractivity contribution >= 4 is 17.9 Å². The van der Waals surface area contributed by atoms with Crippen molar-refractivity contribution in [3.05, 3.63) is 48.6 Å². The number of hydrogen-bond acceptors (Lipinski definition) is 6. The van der Waals surface area contributed by atoms with Gasteiger partial charge >= 0.3 is 17.9 Å². The Kier molecular flexibility index (Phi) is 55.7. The third-order valence-electron chi connectivity index (χ3n) is 13.3. The summed E-state index contributed by atoms with van der Waals surface area (Å²) in [5, 5.41) is 0. The molecule has 0 bridgehead atoms. The van der Waals surface area contributed by atoms with Gasteiger partial charge in [0, 0.05) is 19.3 Å². The van der Waals surface area contributed by atoms with Crippen LogP contribution in [0.2, 0.25) is 0 Å². The van der Waals surface area contributed by atoms with Crippen LogP contribution < -0.4 is 0 Å². The van der Waals surface area contributed by atoms with Gasteiger partial charge in [-0.25, -0.2) is 0 Å². The van der Waals surface area contributed by atoms with E-state index in [1.165, 1.54) is 186 Å². The highest BCUT2D eigenvalue weighted by atomic mass is 16.6. The fourth-order valence-corrected chi connectivity index (χ4v) is 8.85. The predicted molar refractivity (Wildman–Crippen MR) is 298 cm³/mol. The Morgan fingerprint density at radius 1 is 0.304 bits per heavy atom. The Hall–Kier alpha value is -2.63. The Morgan fingerprint density at radius 2 is 0.565 bits per heavy atom. The fraction of sp³-hybridized carbons (Fsp3) is 0.825. The lowest BCUT2D eigenvalue weighted by atomic mass is 10.0. The molecule has 0 aromatic heterocycles. The van der Waals surface area contributed by atoms with Gasteiger partial charge in [0.25, 0.3) is 0 Å². The first-order valence-electron chi connectivity index (χ1n) is 30.1. The highest BCUT2D eigenvalue weighted by Gasteiger charge is 2.19. The first kappa shape index (κ1) is 66.4. The van der Waals surface area contributed by atoms with E-state index in [4.69, 9.17) is 14.2 Å². The second-order valence-corrected chi connectivity index (χ2v) is 20.2. The van der Waals surface area contributed by atoms with Crippen LogP contribution in [0.3, 0.4) is 0 Å². The molecule has 0 aliphatic rings. The van der Waals surface area contributed by atoms with Crippen LogP contribution in [0.4, 0.5) is 0 Å². The van der Waals surface area contributed by atoms with E-state index in [-0.39, 0.29) is 31.1 Å². The zero-order valence-electron chi connectivity index (χ0n) is 46.1. The highest BCUT2D eigenvalue weighted by Crippen LogP contribution is 2.17. The molecule has 0 aliphatic carbocycles. The van der Waals surface area contributed by atoms with E-state index in [1.807, 2.05) is 0 Å². The molecule has 6 nitrogen and oxygen atoms in total. The summed E-state index contributed by atoms with van der Waals surface area (Å²) in [4.78, 5) is 38.2. The molecule has 0 saturated carbocycles. The number of allylic oxidation sites excluding steroid dienone is 8. The van der Waals surface area contributed by atoms with Crippen molar-refractivity contribution in [3.63, 3.8) is 0 Å². The summed E-state index contributed by atoms with van der Waals surface area (Å²) < 4.78 is 16.9. The molecule has 69 heavy (non-hydrogen) atoms. The van der Waals surface area contributed by atoms with E-state index in [0.717, 1.165) is 89.9 Å². The molecule has 6 heteroatoms. The molecule has 0 aromatic carbocycles. The minimum Gasteiger partial charge on any atom is -0.462 e. The normalized spacial score (nSPS) is 12.3. The van der Waals surface area contributed by atoms with Crippen LogP contribution in [-0.4, -0.2) is 37.2 Å². The van der Waals surface area contributed by atoms with Crippen molar-refractivity contribution in [2.24, 2.45) is 0 Å². The van der Waals surface area contributed by atoms with Crippen LogP contribution in [0.5, 0.6) is 0 Å². The summed E-state index contributed by atoms with van der Waals surface area (Å²) in [5.41, 5.74) is 0. The maximum absolute atomic E-state index is 12.9. The van der Waals surface area contributed by atoms with Gasteiger partial charge in [0.05, 0.1) is 0 Å². The van der Waals surface area contributed by atoms with Crippen molar-refractivity contribution < 1.29 is 28.6 Å². The molecule has 0 rings (SSSR count). The molecule has 0 saturated heterocycles. The Labute approximate surface area is 428 Å². The third-order valence-corrected chi connectivity index (χ3v) is 13.3. The first-order chi connectivity index (χ1) is 34.0. The van der Waals surface area contributed by atoms with Crippen molar-refractivity contribution in [3.8, 4) is 0 Å². The monoisotopic (exact) mass is 967 g/mol. The van der Waals surface area contributed by atoms with Crippen molar-refractivity contribution in [1.29, 1.82) is 0 Å². The molecule has 0 amide bonds. The van der Waals surface area contributed by atoms with Gasteiger partial charge in [0.2, 0.25) is 0 Å². The quantitative estimate of drug-likeness (QED) is 0.0262. The number of rotatable bonds is 55. The van der Waals surface area contributed by atoms with Gasteiger partial charge in [-0.15, -0.1) is 0 Å². The molecule has 0 heterocycles. The molecule has 402 valence electrons. The fourth-order valence-electron chi connectivity index (χ4n) is 8.85. The molecule has 1 atom stereocenters. The lowest BCUT2D eigenvalue weighted by molar-refractivity contribution is -0.167. The van der Waals surface area contributed by atoms with Gasteiger partial charge in [-0.2, -0.15) is 0 Å². The average Bonchev–Trinajstić information content (AvgIpc) is 3.35. The van der Waals surface area contributed by atoms with E-state index in [9.17, 15) is 14.4 Å². The van der Waals surface area contributed by atoms with E-state index in [0.29, 0.717) is 19.3 Å². The van der Waals surface area contributed by atoms with E-state index in [2.05, 4.69) is 69.4 Å².